The number of hydrogen-bond donors (Lipinski definition) is 0. The summed E-state index contributed by atoms with van der Waals surface area (Å²) in [7, 11) is 0. The van der Waals surface area contributed by atoms with Gasteiger partial charge in [-0.1, -0.05) is 200 Å². The van der Waals surface area contributed by atoms with Gasteiger partial charge in [0.15, 0.2) is 0 Å². The maximum Gasteiger partial charge on any atom is 0.0946 e. The Morgan fingerprint density at radius 3 is 1.12 bits per heavy atom. The van der Waals surface area contributed by atoms with Gasteiger partial charge in [0.05, 0.1) is 3.74 Å². The molecule has 0 spiro atoms. The van der Waals surface area contributed by atoms with Crippen LogP contribution in [0.15, 0.2) is 84.9 Å². The van der Waals surface area contributed by atoms with Gasteiger partial charge in [0, 0.05) is 16.0 Å². The van der Waals surface area contributed by atoms with E-state index in [-0.39, 0.29) is 14.6 Å². The van der Waals surface area contributed by atoms with Crippen LogP contribution in [0.3, 0.4) is 0 Å². The summed E-state index contributed by atoms with van der Waals surface area (Å²) in [6.45, 7) is 13.5. The lowest BCUT2D eigenvalue weighted by Gasteiger charge is -2.19. The molecule has 4 aromatic rings. The Hall–Kier alpha value is -0.720. The fourth-order valence-electron chi connectivity index (χ4n) is 4.50. The van der Waals surface area contributed by atoms with Gasteiger partial charge in [0.1, 0.15) is 0 Å². The first kappa shape index (κ1) is 34.8. The van der Waals surface area contributed by atoms with Crippen molar-refractivity contribution in [3.8, 4) is 22.3 Å². The standard InChI is InChI=1S/C18H19Br3.C18H20Br2/c1-18(2,3)16-6-4-13(5-7-16)14-8-12(11-19)9-15(10-14)17(20)21;1-18(2,3)17-6-4-15(5-7-17)16-9-13(11-19)8-14(10-16)12-20/h4-10,17H,11H2,1-3H3;4-10H,11-12H2,1-3H3. The maximum atomic E-state index is 3.59. The van der Waals surface area contributed by atoms with Gasteiger partial charge in [0.2, 0.25) is 0 Å². The number of hydrogen-bond acceptors (Lipinski definition) is 0. The van der Waals surface area contributed by atoms with Crippen LogP contribution in [-0.2, 0) is 26.8 Å². The molecule has 0 N–H and O–H groups in total. The summed E-state index contributed by atoms with van der Waals surface area (Å²) in [5, 5.41) is 2.64. The average molecular weight is 871 g/mol. The van der Waals surface area contributed by atoms with Crippen molar-refractivity contribution in [1.82, 2.24) is 0 Å². The van der Waals surface area contributed by atoms with Crippen LogP contribution in [0.5, 0.6) is 0 Å². The van der Waals surface area contributed by atoms with Crippen molar-refractivity contribution in [2.24, 2.45) is 0 Å². The number of rotatable bonds is 6. The highest BCUT2D eigenvalue weighted by Gasteiger charge is 2.15. The highest BCUT2D eigenvalue weighted by molar-refractivity contribution is 9.24. The molecule has 0 aliphatic rings. The van der Waals surface area contributed by atoms with Gasteiger partial charge in [-0.05, 0) is 72.5 Å². The normalized spacial score (nSPS) is 11.8. The van der Waals surface area contributed by atoms with E-state index in [0.717, 1.165) is 16.0 Å². The molecule has 0 unspecified atom stereocenters. The average Bonchev–Trinajstić information content (AvgIpc) is 2.96. The van der Waals surface area contributed by atoms with Crippen molar-refractivity contribution in [3.63, 3.8) is 0 Å². The van der Waals surface area contributed by atoms with Gasteiger partial charge in [-0.15, -0.1) is 0 Å². The highest BCUT2D eigenvalue weighted by Crippen LogP contribution is 2.34. The topological polar surface area (TPSA) is 0 Å². The largest absolute Gasteiger partial charge is 0.0946 e. The molecule has 0 nitrogen and oxygen atoms in total. The Morgan fingerprint density at radius 2 is 0.805 bits per heavy atom. The summed E-state index contributed by atoms with van der Waals surface area (Å²) in [4.78, 5) is 0. The first-order chi connectivity index (χ1) is 19.2. The van der Waals surface area contributed by atoms with Crippen LogP contribution in [0, 0.1) is 0 Å². The van der Waals surface area contributed by atoms with Crippen LogP contribution in [0.2, 0.25) is 0 Å². The smallest absolute Gasteiger partial charge is 0.0876 e. The molecule has 5 heteroatoms. The van der Waals surface area contributed by atoms with Gasteiger partial charge in [-0.25, -0.2) is 0 Å². The molecule has 0 amide bonds. The van der Waals surface area contributed by atoms with E-state index in [1.807, 2.05) is 0 Å². The molecule has 0 heterocycles. The molecule has 0 fully saturated rings. The van der Waals surface area contributed by atoms with E-state index in [4.69, 9.17) is 0 Å². The van der Waals surface area contributed by atoms with E-state index in [0.29, 0.717) is 0 Å². The summed E-state index contributed by atoms with van der Waals surface area (Å²) < 4.78 is 0.177. The lowest BCUT2D eigenvalue weighted by atomic mass is 9.86. The quantitative estimate of drug-likeness (QED) is 0.169. The fraction of sp³-hybridized carbons (Fsp3) is 0.333. The van der Waals surface area contributed by atoms with Crippen molar-refractivity contribution in [1.29, 1.82) is 0 Å². The Labute approximate surface area is 289 Å². The molecule has 0 atom stereocenters. The van der Waals surface area contributed by atoms with Crippen molar-refractivity contribution < 1.29 is 0 Å². The Morgan fingerprint density at radius 1 is 0.463 bits per heavy atom. The molecule has 4 aromatic carbocycles. The zero-order valence-electron chi connectivity index (χ0n) is 24.7. The summed E-state index contributed by atoms with van der Waals surface area (Å²) in [6, 6.07) is 31.3. The third-order valence-corrected chi connectivity index (χ3v) is 9.95. The lowest BCUT2D eigenvalue weighted by molar-refractivity contribution is 0.590. The molecule has 218 valence electrons. The number of benzene rings is 4. The van der Waals surface area contributed by atoms with Crippen LogP contribution in [-0.4, -0.2) is 0 Å². The second-order valence-corrected chi connectivity index (χ2v) is 17.1. The highest BCUT2D eigenvalue weighted by atomic mass is 79.9. The Kier molecular flexibility index (Phi) is 13.0. The SMILES string of the molecule is CC(C)(C)c1ccc(-c2cc(CBr)cc(C(Br)Br)c2)cc1.CC(C)(C)c1ccc(-c2cc(CBr)cc(CBr)c2)cc1. The molecule has 0 aliphatic carbocycles. The monoisotopic (exact) mass is 866 g/mol. The summed E-state index contributed by atoms with van der Waals surface area (Å²) in [6.07, 6.45) is 0. The first-order valence-electron chi connectivity index (χ1n) is 13.7. The summed E-state index contributed by atoms with van der Waals surface area (Å²) in [5.41, 5.74) is 13.4. The fourth-order valence-corrected chi connectivity index (χ4v) is 6.00. The van der Waals surface area contributed by atoms with Gasteiger partial charge in [-0.3, -0.25) is 0 Å². The predicted molar refractivity (Wildman–Crippen MR) is 200 cm³/mol. The minimum atomic E-state index is 0.177. The second-order valence-electron chi connectivity index (χ2n) is 12.4. The van der Waals surface area contributed by atoms with Crippen molar-refractivity contribution in [2.45, 2.75) is 72.1 Å². The molecule has 0 bridgehead atoms. The molecule has 0 saturated heterocycles. The molecule has 0 saturated carbocycles. The van der Waals surface area contributed by atoms with Crippen LogP contribution in [0.4, 0.5) is 0 Å². The third kappa shape index (κ3) is 10.2. The van der Waals surface area contributed by atoms with Crippen molar-refractivity contribution >= 4 is 79.6 Å². The van der Waals surface area contributed by atoms with E-state index in [1.165, 1.54) is 55.6 Å². The summed E-state index contributed by atoms with van der Waals surface area (Å²) >= 11 is 17.8. The molecule has 4 rings (SSSR count). The number of alkyl halides is 5. The lowest BCUT2D eigenvalue weighted by Crippen LogP contribution is -2.10. The molecular weight excluding hydrogens is 832 g/mol. The molecule has 41 heavy (non-hydrogen) atoms. The molecule has 0 radical (unpaired) electrons. The predicted octanol–water partition coefficient (Wildman–Crippen LogP) is 13.8. The van der Waals surface area contributed by atoms with Crippen LogP contribution in [0.25, 0.3) is 22.3 Å². The zero-order chi connectivity index (χ0) is 30.4. The van der Waals surface area contributed by atoms with E-state index < -0.39 is 0 Å². The maximum absolute atomic E-state index is 3.59. The first-order valence-corrected chi connectivity index (χ1v) is 18.9. The molecular formula is C36H39Br5. The summed E-state index contributed by atoms with van der Waals surface area (Å²) in [5.74, 6) is 0. The van der Waals surface area contributed by atoms with Gasteiger partial charge in [-0.2, -0.15) is 0 Å². The van der Waals surface area contributed by atoms with Crippen molar-refractivity contribution in [2.75, 3.05) is 0 Å². The van der Waals surface area contributed by atoms with Gasteiger partial charge in [0.25, 0.3) is 0 Å². The van der Waals surface area contributed by atoms with Gasteiger partial charge < -0.3 is 0 Å². The Balaban J connectivity index is 0.000000226. The second kappa shape index (κ2) is 15.3. The van der Waals surface area contributed by atoms with Crippen LogP contribution >= 0.6 is 79.6 Å². The minimum absolute atomic E-state index is 0.177. The van der Waals surface area contributed by atoms with E-state index in [2.05, 4.69) is 206 Å². The minimum Gasteiger partial charge on any atom is -0.0876 e. The number of halogens is 5. The van der Waals surface area contributed by atoms with Crippen molar-refractivity contribution in [3.05, 3.63) is 118 Å². The van der Waals surface area contributed by atoms with Crippen LogP contribution < -0.4 is 0 Å². The zero-order valence-corrected chi connectivity index (χ0v) is 32.6. The third-order valence-electron chi connectivity index (χ3n) is 6.95. The van der Waals surface area contributed by atoms with Gasteiger partial charge >= 0.3 is 0 Å². The Bertz CT molecular complexity index is 1380. The van der Waals surface area contributed by atoms with Crippen LogP contribution in [0.1, 0.15) is 78.7 Å². The molecule has 0 aliphatic heterocycles. The molecule has 0 aromatic heterocycles. The van der Waals surface area contributed by atoms with E-state index in [1.54, 1.807) is 0 Å². The van der Waals surface area contributed by atoms with E-state index >= 15 is 0 Å². The van der Waals surface area contributed by atoms with E-state index in [9.17, 15) is 0 Å².